The molecule has 1 rings (SSSR count). The molecular formula is C8H13N. The van der Waals surface area contributed by atoms with Gasteiger partial charge in [-0.25, -0.2) is 0 Å². The van der Waals surface area contributed by atoms with E-state index in [1.807, 2.05) is 6.92 Å². The Morgan fingerprint density at radius 2 is 2.44 bits per heavy atom. The minimum Gasteiger partial charge on any atom is -0.324 e. The van der Waals surface area contributed by atoms with Gasteiger partial charge >= 0.3 is 0 Å². The van der Waals surface area contributed by atoms with E-state index in [0.717, 1.165) is 12.8 Å². The monoisotopic (exact) mass is 123 g/mol. The molecule has 0 aromatic carbocycles. The maximum atomic E-state index is 5.66. The Balaban J connectivity index is 2.57. The summed E-state index contributed by atoms with van der Waals surface area (Å²) in [7, 11) is 0. The fourth-order valence-corrected chi connectivity index (χ4v) is 1.00. The Bertz CT molecular complexity index is 143. The van der Waals surface area contributed by atoms with E-state index >= 15 is 0 Å². The first-order valence-electron chi connectivity index (χ1n) is 3.42. The third-order valence-corrected chi connectivity index (χ3v) is 1.63. The normalized spacial score (nSPS) is 21.3. The molecule has 1 aliphatic carbocycles. The van der Waals surface area contributed by atoms with Crippen LogP contribution in [0.2, 0.25) is 0 Å². The summed E-state index contributed by atoms with van der Waals surface area (Å²) < 4.78 is 0. The SMILES string of the molecule is CC(N)C1=CC=CCC1. The molecule has 1 aliphatic rings. The summed E-state index contributed by atoms with van der Waals surface area (Å²) in [4.78, 5) is 0. The molecule has 0 saturated carbocycles. The molecule has 0 spiro atoms. The standard InChI is InChI=1S/C8H13N/c1-7(9)8-5-3-2-4-6-8/h2-3,5,7H,4,6,9H2,1H3. The molecule has 0 saturated heterocycles. The van der Waals surface area contributed by atoms with Crippen LogP contribution < -0.4 is 5.73 Å². The van der Waals surface area contributed by atoms with Gasteiger partial charge in [-0.05, 0) is 19.8 Å². The summed E-state index contributed by atoms with van der Waals surface area (Å²) in [5, 5.41) is 0. The molecule has 2 N–H and O–H groups in total. The third kappa shape index (κ3) is 1.68. The molecule has 0 fully saturated rings. The molecule has 0 aromatic rings. The second kappa shape index (κ2) is 2.83. The molecule has 0 heterocycles. The summed E-state index contributed by atoms with van der Waals surface area (Å²) in [5.41, 5.74) is 7.04. The van der Waals surface area contributed by atoms with Crippen molar-refractivity contribution in [3.8, 4) is 0 Å². The minimum absolute atomic E-state index is 0.245. The molecule has 0 amide bonds. The number of allylic oxidation sites excluding steroid dienone is 3. The van der Waals surface area contributed by atoms with Crippen LogP contribution >= 0.6 is 0 Å². The van der Waals surface area contributed by atoms with Crippen molar-refractivity contribution in [1.82, 2.24) is 0 Å². The Labute approximate surface area is 56.2 Å². The van der Waals surface area contributed by atoms with Crippen molar-refractivity contribution < 1.29 is 0 Å². The van der Waals surface area contributed by atoms with E-state index in [9.17, 15) is 0 Å². The molecule has 1 unspecified atom stereocenters. The van der Waals surface area contributed by atoms with Crippen molar-refractivity contribution in [2.45, 2.75) is 25.8 Å². The van der Waals surface area contributed by atoms with Gasteiger partial charge in [0.15, 0.2) is 0 Å². The van der Waals surface area contributed by atoms with Crippen LogP contribution in [0.1, 0.15) is 19.8 Å². The molecule has 0 aromatic heterocycles. The summed E-state index contributed by atoms with van der Waals surface area (Å²) >= 11 is 0. The molecule has 1 nitrogen and oxygen atoms in total. The van der Waals surface area contributed by atoms with Gasteiger partial charge in [0.05, 0.1) is 0 Å². The molecule has 0 aliphatic heterocycles. The van der Waals surface area contributed by atoms with Gasteiger partial charge in [-0.2, -0.15) is 0 Å². The van der Waals surface area contributed by atoms with E-state index in [1.165, 1.54) is 5.57 Å². The first-order valence-corrected chi connectivity index (χ1v) is 3.42. The second-order valence-corrected chi connectivity index (χ2v) is 2.50. The molecular weight excluding hydrogens is 110 g/mol. The highest BCUT2D eigenvalue weighted by Gasteiger charge is 2.02. The predicted octanol–water partition coefficient (Wildman–Crippen LogP) is 1.61. The van der Waals surface area contributed by atoms with Crippen LogP contribution in [0.15, 0.2) is 23.8 Å². The highest BCUT2D eigenvalue weighted by Crippen LogP contribution is 2.13. The lowest BCUT2D eigenvalue weighted by Gasteiger charge is -2.11. The Kier molecular flexibility index (Phi) is 2.06. The van der Waals surface area contributed by atoms with Crippen molar-refractivity contribution in [2.75, 3.05) is 0 Å². The highest BCUT2D eigenvalue weighted by atomic mass is 14.6. The van der Waals surface area contributed by atoms with Crippen molar-refractivity contribution in [2.24, 2.45) is 5.73 Å². The topological polar surface area (TPSA) is 26.0 Å². The van der Waals surface area contributed by atoms with Crippen LogP contribution in [0.3, 0.4) is 0 Å². The van der Waals surface area contributed by atoms with Gasteiger partial charge in [0, 0.05) is 6.04 Å². The van der Waals surface area contributed by atoms with E-state index in [-0.39, 0.29) is 6.04 Å². The number of rotatable bonds is 1. The van der Waals surface area contributed by atoms with Crippen LogP contribution in [0, 0.1) is 0 Å². The van der Waals surface area contributed by atoms with Gasteiger partial charge in [0.25, 0.3) is 0 Å². The molecule has 9 heavy (non-hydrogen) atoms. The second-order valence-electron chi connectivity index (χ2n) is 2.50. The van der Waals surface area contributed by atoms with Crippen molar-refractivity contribution in [3.05, 3.63) is 23.8 Å². The van der Waals surface area contributed by atoms with Gasteiger partial charge in [-0.3, -0.25) is 0 Å². The Morgan fingerprint density at radius 1 is 1.67 bits per heavy atom. The van der Waals surface area contributed by atoms with Gasteiger partial charge < -0.3 is 5.73 Å². The molecule has 1 heteroatoms. The van der Waals surface area contributed by atoms with Crippen LogP contribution in [-0.2, 0) is 0 Å². The number of nitrogens with two attached hydrogens (primary N) is 1. The summed E-state index contributed by atoms with van der Waals surface area (Å²) in [6, 6.07) is 0.245. The van der Waals surface area contributed by atoms with Crippen LogP contribution in [0.5, 0.6) is 0 Å². The zero-order valence-corrected chi connectivity index (χ0v) is 5.80. The lowest BCUT2D eigenvalue weighted by atomic mass is 10.00. The van der Waals surface area contributed by atoms with Gasteiger partial charge in [0.1, 0.15) is 0 Å². The summed E-state index contributed by atoms with van der Waals surface area (Å²) in [6.07, 6.45) is 8.68. The van der Waals surface area contributed by atoms with Gasteiger partial charge in [0.2, 0.25) is 0 Å². The lowest BCUT2D eigenvalue weighted by molar-refractivity contribution is 0.781. The summed E-state index contributed by atoms with van der Waals surface area (Å²) in [6.45, 7) is 2.03. The third-order valence-electron chi connectivity index (χ3n) is 1.63. The molecule has 1 atom stereocenters. The zero-order chi connectivity index (χ0) is 6.69. The van der Waals surface area contributed by atoms with E-state index in [0.29, 0.717) is 0 Å². The maximum Gasteiger partial charge on any atom is 0.0227 e. The lowest BCUT2D eigenvalue weighted by Crippen LogP contribution is -2.18. The average molecular weight is 123 g/mol. The summed E-state index contributed by atoms with van der Waals surface area (Å²) in [5.74, 6) is 0. The van der Waals surface area contributed by atoms with Gasteiger partial charge in [-0.1, -0.05) is 23.8 Å². The highest BCUT2D eigenvalue weighted by molar-refractivity contribution is 5.20. The van der Waals surface area contributed by atoms with Crippen molar-refractivity contribution in [3.63, 3.8) is 0 Å². The van der Waals surface area contributed by atoms with Crippen LogP contribution in [0.4, 0.5) is 0 Å². The van der Waals surface area contributed by atoms with Crippen LogP contribution in [-0.4, -0.2) is 6.04 Å². The first kappa shape index (κ1) is 6.56. The van der Waals surface area contributed by atoms with E-state index in [1.54, 1.807) is 0 Å². The van der Waals surface area contributed by atoms with Gasteiger partial charge in [-0.15, -0.1) is 0 Å². The van der Waals surface area contributed by atoms with Crippen molar-refractivity contribution in [1.29, 1.82) is 0 Å². The van der Waals surface area contributed by atoms with Crippen LogP contribution in [0.25, 0.3) is 0 Å². The first-order chi connectivity index (χ1) is 4.30. The Hall–Kier alpha value is -0.560. The number of hydrogen-bond donors (Lipinski definition) is 1. The number of hydrogen-bond acceptors (Lipinski definition) is 1. The predicted molar refractivity (Wildman–Crippen MR) is 40.1 cm³/mol. The minimum atomic E-state index is 0.245. The maximum absolute atomic E-state index is 5.66. The fourth-order valence-electron chi connectivity index (χ4n) is 1.00. The molecule has 0 bridgehead atoms. The zero-order valence-electron chi connectivity index (χ0n) is 5.80. The smallest absolute Gasteiger partial charge is 0.0227 e. The van der Waals surface area contributed by atoms with Crippen molar-refractivity contribution >= 4 is 0 Å². The fraction of sp³-hybridized carbons (Fsp3) is 0.500. The molecule has 50 valence electrons. The van der Waals surface area contributed by atoms with E-state index in [4.69, 9.17) is 5.73 Å². The van der Waals surface area contributed by atoms with E-state index in [2.05, 4.69) is 18.2 Å². The Morgan fingerprint density at radius 3 is 2.78 bits per heavy atom. The quantitative estimate of drug-likeness (QED) is 0.563. The van der Waals surface area contributed by atoms with E-state index < -0.39 is 0 Å². The average Bonchev–Trinajstić information content (AvgIpc) is 1.90. The largest absolute Gasteiger partial charge is 0.324 e. The molecule has 0 radical (unpaired) electrons.